The van der Waals surface area contributed by atoms with E-state index in [4.69, 9.17) is 5.73 Å². The molecule has 0 saturated carbocycles. The van der Waals surface area contributed by atoms with Crippen LogP contribution in [-0.2, 0) is 13.0 Å². The standard InChI is InChI=1S/C16H21N3/c1-2-19(12-9-14-7-10-18-11-8-14)13-15-3-5-16(17)6-4-15/h3-8,10-11H,2,9,12-13,17H2,1H3. The van der Waals surface area contributed by atoms with Crippen molar-refractivity contribution in [3.8, 4) is 0 Å². The van der Waals surface area contributed by atoms with Crippen molar-refractivity contribution in [2.75, 3.05) is 18.8 Å². The third-order valence-corrected chi connectivity index (χ3v) is 3.30. The highest BCUT2D eigenvalue weighted by atomic mass is 15.1. The van der Waals surface area contributed by atoms with E-state index >= 15 is 0 Å². The summed E-state index contributed by atoms with van der Waals surface area (Å²) in [6.45, 7) is 5.28. The topological polar surface area (TPSA) is 42.2 Å². The largest absolute Gasteiger partial charge is 0.399 e. The average molecular weight is 255 g/mol. The van der Waals surface area contributed by atoms with Gasteiger partial charge in [0.25, 0.3) is 0 Å². The van der Waals surface area contributed by atoms with E-state index in [1.165, 1.54) is 11.1 Å². The van der Waals surface area contributed by atoms with E-state index in [2.05, 4.69) is 41.1 Å². The molecule has 0 amide bonds. The fraction of sp³-hybridized carbons (Fsp3) is 0.312. The van der Waals surface area contributed by atoms with Crippen molar-refractivity contribution in [1.82, 2.24) is 9.88 Å². The van der Waals surface area contributed by atoms with Crippen LogP contribution in [0, 0.1) is 0 Å². The van der Waals surface area contributed by atoms with Gasteiger partial charge in [-0.05, 0) is 48.4 Å². The lowest BCUT2D eigenvalue weighted by atomic mass is 10.1. The van der Waals surface area contributed by atoms with Gasteiger partial charge in [0.05, 0.1) is 0 Å². The fourth-order valence-electron chi connectivity index (χ4n) is 2.07. The van der Waals surface area contributed by atoms with Gasteiger partial charge in [0.2, 0.25) is 0 Å². The van der Waals surface area contributed by atoms with Gasteiger partial charge >= 0.3 is 0 Å². The van der Waals surface area contributed by atoms with Crippen LogP contribution in [0.1, 0.15) is 18.1 Å². The summed E-state index contributed by atoms with van der Waals surface area (Å²) >= 11 is 0. The number of nitrogen functional groups attached to an aromatic ring is 1. The molecule has 0 spiro atoms. The van der Waals surface area contributed by atoms with E-state index in [1.54, 1.807) is 0 Å². The Morgan fingerprint density at radius 2 is 1.68 bits per heavy atom. The molecule has 0 radical (unpaired) electrons. The third-order valence-electron chi connectivity index (χ3n) is 3.30. The second kappa shape index (κ2) is 6.90. The molecule has 0 aliphatic rings. The Labute approximate surface area is 115 Å². The Morgan fingerprint density at radius 1 is 1.00 bits per heavy atom. The fourth-order valence-corrected chi connectivity index (χ4v) is 2.07. The monoisotopic (exact) mass is 255 g/mol. The van der Waals surface area contributed by atoms with Gasteiger partial charge < -0.3 is 5.73 Å². The van der Waals surface area contributed by atoms with Gasteiger partial charge in [-0.2, -0.15) is 0 Å². The molecule has 0 aliphatic carbocycles. The van der Waals surface area contributed by atoms with Crippen LogP contribution in [0.5, 0.6) is 0 Å². The first-order valence-corrected chi connectivity index (χ1v) is 6.73. The summed E-state index contributed by atoms with van der Waals surface area (Å²) in [5.74, 6) is 0. The summed E-state index contributed by atoms with van der Waals surface area (Å²) in [5, 5.41) is 0. The summed E-state index contributed by atoms with van der Waals surface area (Å²) in [4.78, 5) is 6.48. The van der Waals surface area contributed by atoms with Crippen molar-refractivity contribution in [3.63, 3.8) is 0 Å². The lowest BCUT2D eigenvalue weighted by molar-refractivity contribution is 0.283. The van der Waals surface area contributed by atoms with E-state index < -0.39 is 0 Å². The molecule has 19 heavy (non-hydrogen) atoms. The number of likely N-dealkylation sites (N-methyl/N-ethyl adjacent to an activating group) is 1. The van der Waals surface area contributed by atoms with Gasteiger partial charge in [0, 0.05) is 31.2 Å². The number of rotatable bonds is 6. The van der Waals surface area contributed by atoms with Crippen molar-refractivity contribution >= 4 is 5.69 Å². The van der Waals surface area contributed by atoms with E-state index in [0.29, 0.717) is 0 Å². The molecule has 3 nitrogen and oxygen atoms in total. The van der Waals surface area contributed by atoms with E-state index in [0.717, 1.165) is 31.7 Å². The normalized spacial score (nSPS) is 10.8. The van der Waals surface area contributed by atoms with Crippen molar-refractivity contribution in [3.05, 3.63) is 59.9 Å². The highest BCUT2D eigenvalue weighted by Crippen LogP contribution is 2.09. The van der Waals surface area contributed by atoms with Crippen LogP contribution < -0.4 is 5.73 Å². The Kier molecular flexibility index (Phi) is 4.93. The zero-order valence-electron chi connectivity index (χ0n) is 11.4. The van der Waals surface area contributed by atoms with Crippen molar-refractivity contribution < 1.29 is 0 Å². The molecule has 1 aromatic heterocycles. The molecule has 1 aromatic carbocycles. The quantitative estimate of drug-likeness (QED) is 0.807. The van der Waals surface area contributed by atoms with Crippen LogP contribution in [-0.4, -0.2) is 23.0 Å². The summed E-state index contributed by atoms with van der Waals surface area (Å²) in [7, 11) is 0. The number of hydrogen-bond donors (Lipinski definition) is 1. The Hall–Kier alpha value is -1.87. The molecule has 0 unspecified atom stereocenters. The molecule has 2 rings (SSSR count). The molecule has 3 heteroatoms. The molecule has 100 valence electrons. The minimum absolute atomic E-state index is 0.823. The summed E-state index contributed by atoms with van der Waals surface area (Å²) in [6.07, 6.45) is 4.77. The summed E-state index contributed by atoms with van der Waals surface area (Å²) in [5.41, 5.74) is 9.18. The number of aromatic nitrogens is 1. The number of nitrogens with zero attached hydrogens (tertiary/aromatic N) is 2. The first-order chi connectivity index (χ1) is 9.28. The van der Waals surface area contributed by atoms with Crippen LogP contribution in [0.3, 0.4) is 0 Å². The molecule has 0 fully saturated rings. The van der Waals surface area contributed by atoms with Crippen LogP contribution in [0.15, 0.2) is 48.8 Å². The van der Waals surface area contributed by atoms with Gasteiger partial charge in [-0.1, -0.05) is 19.1 Å². The second-order valence-electron chi connectivity index (χ2n) is 4.72. The van der Waals surface area contributed by atoms with Crippen molar-refractivity contribution in [1.29, 1.82) is 0 Å². The van der Waals surface area contributed by atoms with E-state index in [1.807, 2.05) is 24.5 Å². The zero-order chi connectivity index (χ0) is 13.5. The van der Waals surface area contributed by atoms with Crippen LogP contribution in [0.2, 0.25) is 0 Å². The van der Waals surface area contributed by atoms with Crippen LogP contribution in [0.25, 0.3) is 0 Å². The van der Waals surface area contributed by atoms with Crippen molar-refractivity contribution in [2.45, 2.75) is 19.9 Å². The molecular formula is C16H21N3. The highest BCUT2D eigenvalue weighted by Gasteiger charge is 2.04. The molecule has 2 N–H and O–H groups in total. The number of hydrogen-bond acceptors (Lipinski definition) is 3. The van der Waals surface area contributed by atoms with Crippen LogP contribution >= 0.6 is 0 Å². The predicted octanol–water partition coefficient (Wildman–Crippen LogP) is 2.73. The van der Waals surface area contributed by atoms with Gasteiger partial charge in [0.1, 0.15) is 0 Å². The second-order valence-corrected chi connectivity index (χ2v) is 4.72. The maximum absolute atomic E-state index is 5.71. The smallest absolute Gasteiger partial charge is 0.0314 e. The summed E-state index contributed by atoms with van der Waals surface area (Å²) < 4.78 is 0. The molecule has 0 aliphatic heterocycles. The lowest BCUT2D eigenvalue weighted by Crippen LogP contribution is -2.25. The Morgan fingerprint density at radius 3 is 2.32 bits per heavy atom. The Balaban J connectivity index is 1.88. The first-order valence-electron chi connectivity index (χ1n) is 6.73. The van der Waals surface area contributed by atoms with E-state index in [9.17, 15) is 0 Å². The molecule has 0 saturated heterocycles. The molecular weight excluding hydrogens is 234 g/mol. The number of pyridine rings is 1. The SMILES string of the molecule is CCN(CCc1ccncc1)Cc1ccc(N)cc1. The van der Waals surface area contributed by atoms with E-state index in [-0.39, 0.29) is 0 Å². The van der Waals surface area contributed by atoms with Crippen LogP contribution in [0.4, 0.5) is 5.69 Å². The minimum atomic E-state index is 0.823. The zero-order valence-corrected chi connectivity index (χ0v) is 11.4. The van der Waals surface area contributed by atoms with Gasteiger partial charge in [-0.25, -0.2) is 0 Å². The lowest BCUT2D eigenvalue weighted by Gasteiger charge is -2.20. The maximum Gasteiger partial charge on any atom is 0.0314 e. The van der Waals surface area contributed by atoms with Gasteiger partial charge in [0.15, 0.2) is 0 Å². The Bertz CT molecular complexity index is 479. The first kappa shape index (κ1) is 13.6. The molecule has 0 atom stereocenters. The summed E-state index contributed by atoms with van der Waals surface area (Å²) in [6, 6.07) is 12.3. The maximum atomic E-state index is 5.71. The number of anilines is 1. The number of benzene rings is 1. The van der Waals surface area contributed by atoms with Crippen molar-refractivity contribution in [2.24, 2.45) is 0 Å². The molecule has 2 aromatic rings. The van der Waals surface area contributed by atoms with Gasteiger partial charge in [-0.3, -0.25) is 9.88 Å². The third kappa shape index (κ3) is 4.38. The van der Waals surface area contributed by atoms with Gasteiger partial charge in [-0.15, -0.1) is 0 Å². The minimum Gasteiger partial charge on any atom is -0.399 e. The average Bonchev–Trinajstić information content (AvgIpc) is 2.46. The highest BCUT2D eigenvalue weighted by molar-refractivity contribution is 5.39. The molecule has 0 bridgehead atoms. The predicted molar refractivity (Wildman–Crippen MR) is 79.7 cm³/mol. The molecule has 1 heterocycles. The number of nitrogens with two attached hydrogens (primary N) is 1.